The van der Waals surface area contributed by atoms with Crippen molar-refractivity contribution in [3.63, 3.8) is 0 Å². The maximum Gasteiger partial charge on any atom is 0.317 e. The third-order valence-electron chi connectivity index (χ3n) is 3.79. The van der Waals surface area contributed by atoms with Crippen LogP contribution in [0.25, 0.3) is 10.9 Å². The average molecular weight is 340 g/mol. The molecule has 6 heteroatoms. The first-order valence-corrected chi connectivity index (χ1v) is 8.74. The number of benzene rings is 1. The summed E-state index contributed by atoms with van der Waals surface area (Å²) >= 11 is 1.65. The third-order valence-corrected chi connectivity index (χ3v) is 4.92. The summed E-state index contributed by atoms with van der Waals surface area (Å²) in [7, 11) is 1.79. The Labute approximate surface area is 145 Å². The summed E-state index contributed by atoms with van der Waals surface area (Å²) in [6.45, 7) is 3.11. The molecule has 3 aromatic rings. The lowest BCUT2D eigenvalue weighted by Gasteiger charge is -2.17. The number of nitrogens with one attached hydrogen (secondary N) is 1. The minimum atomic E-state index is -0.102. The minimum Gasteiger partial charge on any atom is -0.334 e. The summed E-state index contributed by atoms with van der Waals surface area (Å²) in [5.74, 6) is 0. The fourth-order valence-electron chi connectivity index (χ4n) is 2.51. The number of nitrogens with zero attached hydrogens (tertiary/aromatic N) is 3. The largest absolute Gasteiger partial charge is 0.334 e. The molecule has 0 aliphatic rings. The molecule has 124 valence electrons. The van der Waals surface area contributed by atoms with Crippen molar-refractivity contribution in [2.24, 2.45) is 0 Å². The maximum atomic E-state index is 12.3. The Morgan fingerprint density at radius 3 is 2.88 bits per heavy atom. The van der Waals surface area contributed by atoms with E-state index in [4.69, 9.17) is 0 Å². The number of hydrogen-bond acceptors (Lipinski definition) is 4. The van der Waals surface area contributed by atoms with E-state index in [0.717, 1.165) is 32.8 Å². The van der Waals surface area contributed by atoms with Crippen molar-refractivity contribution >= 4 is 28.3 Å². The molecule has 5 nitrogen and oxygen atoms in total. The molecule has 0 fully saturated rings. The molecule has 2 amide bonds. The Morgan fingerprint density at radius 2 is 2.08 bits per heavy atom. The zero-order valence-corrected chi connectivity index (χ0v) is 14.6. The van der Waals surface area contributed by atoms with Crippen LogP contribution in [0.3, 0.4) is 0 Å². The van der Waals surface area contributed by atoms with Crippen LogP contribution in [0.15, 0.2) is 42.7 Å². The van der Waals surface area contributed by atoms with Crippen molar-refractivity contribution in [1.82, 2.24) is 20.2 Å². The van der Waals surface area contributed by atoms with Crippen molar-refractivity contribution in [3.8, 4) is 0 Å². The number of aromatic nitrogens is 2. The summed E-state index contributed by atoms with van der Waals surface area (Å²) in [6, 6.07) is 9.84. The molecule has 0 aliphatic heterocycles. The van der Waals surface area contributed by atoms with Gasteiger partial charge in [0.05, 0.1) is 17.1 Å². The monoisotopic (exact) mass is 340 g/mol. The predicted octanol–water partition coefficient (Wildman–Crippen LogP) is 3.60. The van der Waals surface area contributed by atoms with E-state index in [1.165, 1.54) is 0 Å². The van der Waals surface area contributed by atoms with Gasteiger partial charge in [0.15, 0.2) is 0 Å². The summed E-state index contributed by atoms with van der Waals surface area (Å²) in [5, 5.41) is 5.14. The van der Waals surface area contributed by atoms with Crippen molar-refractivity contribution < 1.29 is 4.79 Å². The average Bonchev–Trinajstić information content (AvgIpc) is 3.07. The highest BCUT2D eigenvalue weighted by atomic mass is 32.1. The number of fused-ring (bicyclic) bond motifs is 1. The van der Waals surface area contributed by atoms with Crippen LogP contribution in [0, 0.1) is 0 Å². The van der Waals surface area contributed by atoms with E-state index in [-0.39, 0.29) is 6.03 Å². The SMILES string of the molecule is CCc1ncc(CN(C)C(=O)NCc2cccc3cccnc23)s1. The Balaban J connectivity index is 1.62. The number of pyridine rings is 1. The van der Waals surface area contributed by atoms with Gasteiger partial charge in [0.2, 0.25) is 0 Å². The van der Waals surface area contributed by atoms with Crippen LogP contribution in [0.4, 0.5) is 4.79 Å². The quantitative estimate of drug-likeness (QED) is 0.772. The number of carbonyl (C=O) groups excluding carboxylic acids is 1. The number of rotatable bonds is 5. The third kappa shape index (κ3) is 3.71. The molecule has 0 atom stereocenters. The van der Waals surface area contributed by atoms with Crippen LogP contribution in [-0.2, 0) is 19.5 Å². The zero-order valence-electron chi connectivity index (χ0n) is 13.8. The normalized spacial score (nSPS) is 10.8. The first kappa shape index (κ1) is 16.4. The van der Waals surface area contributed by atoms with Gasteiger partial charge in [-0.1, -0.05) is 31.2 Å². The number of para-hydroxylation sites is 1. The van der Waals surface area contributed by atoms with Crippen LogP contribution < -0.4 is 5.32 Å². The predicted molar refractivity (Wildman–Crippen MR) is 96.9 cm³/mol. The number of thiazole rings is 1. The van der Waals surface area contributed by atoms with E-state index in [0.29, 0.717) is 13.1 Å². The fraction of sp³-hybridized carbons (Fsp3) is 0.278. The topological polar surface area (TPSA) is 58.1 Å². The van der Waals surface area contributed by atoms with Crippen molar-refractivity contribution in [2.75, 3.05) is 7.05 Å². The molecule has 2 aromatic heterocycles. The van der Waals surface area contributed by atoms with Gasteiger partial charge < -0.3 is 10.2 Å². The lowest BCUT2D eigenvalue weighted by molar-refractivity contribution is 0.207. The van der Waals surface area contributed by atoms with Crippen LogP contribution in [0.2, 0.25) is 0 Å². The van der Waals surface area contributed by atoms with Gasteiger partial charge in [0.1, 0.15) is 0 Å². The van der Waals surface area contributed by atoms with Gasteiger partial charge >= 0.3 is 6.03 Å². The second-order valence-electron chi connectivity index (χ2n) is 5.58. The van der Waals surface area contributed by atoms with Crippen molar-refractivity contribution in [3.05, 3.63) is 58.2 Å². The highest BCUT2D eigenvalue weighted by molar-refractivity contribution is 7.11. The molecular formula is C18H20N4OS. The van der Waals surface area contributed by atoms with E-state index in [1.807, 2.05) is 36.5 Å². The second-order valence-corrected chi connectivity index (χ2v) is 6.78. The van der Waals surface area contributed by atoms with Gasteiger partial charge in [-0.2, -0.15) is 0 Å². The summed E-state index contributed by atoms with van der Waals surface area (Å²) in [6.07, 6.45) is 4.55. The molecule has 0 unspecified atom stereocenters. The lowest BCUT2D eigenvalue weighted by Crippen LogP contribution is -2.36. The molecule has 0 radical (unpaired) electrons. The van der Waals surface area contributed by atoms with Gasteiger partial charge in [-0.25, -0.2) is 9.78 Å². The molecule has 2 heterocycles. The maximum absolute atomic E-state index is 12.3. The van der Waals surface area contributed by atoms with Crippen molar-refractivity contribution in [1.29, 1.82) is 0 Å². The molecule has 24 heavy (non-hydrogen) atoms. The molecule has 1 aromatic carbocycles. The number of urea groups is 1. The molecule has 0 aliphatic carbocycles. The van der Waals surface area contributed by atoms with Gasteiger partial charge in [-0.05, 0) is 18.1 Å². The smallest absolute Gasteiger partial charge is 0.317 e. The van der Waals surface area contributed by atoms with Crippen LogP contribution >= 0.6 is 11.3 Å². The fourth-order valence-corrected chi connectivity index (χ4v) is 3.42. The molecule has 0 saturated heterocycles. The van der Waals surface area contributed by atoms with Gasteiger partial charge in [-0.15, -0.1) is 11.3 Å². The molecular weight excluding hydrogens is 320 g/mol. The van der Waals surface area contributed by atoms with Crippen LogP contribution in [-0.4, -0.2) is 27.9 Å². The van der Waals surface area contributed by atoms with Crippen molar-refractivity contribution in [2.45, 2.75) is 26.4 Å². The molecule has 0 saturated carbocycles. The highest BCUT2D eigenvalue weighted by Crippen LogP contribution is 2.17. The first-order chi connectivity index (χ1) is 11.7. The number of aryl methyl sites for hydroxylation is 1. The van der Waals surface area contributed by atoms with Gasteiger partial charge in [0, 0.05) is 36.2 Å². The summed E-state index contributed by atoms with van der Waals surface area (Å²) in [5.41, 5.74) is 1.94. The number of carbonyl (C=O) groups is 1. The molecule has 0 bridgehead atoms. The van der Waals surface area contributed by atoms with E-state index >= 15 is 0 Å². The van der Waals surface area contributed by atoms with Gasteiger partial charge in [0.25, 0.3) is 0 Å². The minimum absolute atomic E-state index is 0.102. The standard InChI is InChI=1S/C18H20N4OS/c1-3-16-20-11-15(24-16)12-22(2)18(23)21-10-14-7-4-6-13-8-5-9-19-17(13)14/h4-9,11H,3,10,12H2,1-2H3,(H,21,23). The van der Waals surface area contributed by atoms with E-state index in [2.05, 4.69) is 22.2 Å². The molecule has 3 rings (SSSR count). The second kappa shape index (κ2) is 7.40. The highest BCUT2D eigenvalue weighted by Gasteiger charge is 2.11. The lowest BCUT2D eigenvalue weighted by atomic mass is 10.1. The van der Waals surface area contributed by atoms with Crippen LogP contribution in [0.5, 0.6) is 0 Å². The van der Waals surface area contributed by atoms with Gasteiger partial charge in [-0.3, -0.25) is 4.98 Å². The molecule has 1 N–H and O–H groups in total. The van der Waals surface area contributed by atoms with Crippen LogP contribution in [0.1, 0.15) is 22.4 Å². The van der Waals surface area contributed by atoms with E-state index < -0.39 is 0 Å². The Morgan fingerprint density at radius 1 is 1.25 bits per heavy atom. The molecule has 0 spiro atoms. The number of amides is 2. The Kier molecular flexibility index (Phi) is 5.05. The van der Waals surface area contributed by atoms with E-state index in [1.54, 1.807) is 29.5 Å². The number of hydrogen-bond donors (Lipinski definition) is 1. The summed E-state index contributed by atoms with van der Waals surface area (Å²) < 4.78 is 0. The first-order valence-electron chi connectivity index (χ1n) is 7.92. The Hall–Kier alpha value is -2.47. The van der Waals surface area contributed by atoms with E-state index in [9.17, 15) is 4.79 Å². The zero-order chi connectivity index (χ0) is 16.9. The Bertz CT molecular complexity index is 840. The summed E-state index contributed by atoms with van der Waals surface area (Å²) in [4.78, 5) is 23.8.